The Morgan fingerprint density at radius 1 is 1.00 bits per heavy atom. The molecular weight excluding hydrogens is 381 g/mol. The van der Waals surface area contributed by atoms with E-state index in [9.17, 15) is 23.9 Å². The molecule has 2 atom stereocenters. The van der Waals surface area contributed by atoms with Crippen molar-refractivity contribution in [2.75, 3.05) is 6.61 Å². The first-order valence-electron chi connectivity index (χ1n) is 8.82. The van der Waals surface area contributed by atoms with Gasteiger partial charge in [0, 0.05) is 6.42 Å². The molecule has 2 aromatic carbocycles. The molecule has 0 bridgehead atoms. The van der Waals surface area contributed by atoms with Crippen molar-refractivity contribution in [3.8, 4) is 0 Å². The van der Waals surface area contributed by atoms with Gasteiger partial charge in [0.25, 0.3) is 0 Å². The van der Waals surface area contributed by atoms with Crippen LogP contribution < -0.4 is 16.4 Å². The van der Waals surface area contributed by atoms with Crippen molar-refractivity contribution in [2.24, 2.45) is 5.73 Å². The number of aliphatic hydroxyl groups excluding tert-OH is 1. The second kappa shape index (κ2) is 10.8. The maximum absolute atomic E-state index is 13.8. The zero-order valence-corrected chi connectivity index (χ0v) is 15.5. The number of amides is 3. The molecule has 0 saturated carbocycles. The fourth-order valence-electron chi connectivity index (χ4n) is 2.48. The van der Waals surface area contributed by atoms with Crippen molar-refractivity contribution in [3.63, 3.8) is 0 Å². The Morgan fingerprint density at radius 2 is 1.66 bits per heavy atom. The number of nitrogens with one attached hydrogen (secondary N) is 2. The number of hydrogen-bond acceptors (Lipinski definition) is 5. The maximum atomic E-state index is 13.8. The van der Waals surface area contributed by atoms with E-state index in [4.69, 9.17) is 10.5 Å². The number of hydrogen-bond donors (Lipinski definition) is 4. The van der Waals surface area contributed by atoms with Gasteiger partial charge >= 0.3 is 6.09 Å². The van der Waals surface area contributed by atoms with E-state index in [2.05, 4.69) is 10.6 Å². The first kappa shape index (κ1) is 21.8. The van der Waals surface area contributed by atoms with Gasteiger partial charge in [-0.15, -0.1) is 0 Å². The highest BCUT2D eigenvalue weighted by molar-refractivity contribution is 5.91. The lowest BCUT2D eigenvalue weighted by atomic mass is 10.0. The molecule has 0 saturated heterocycles. The van der Waals surface area contributed by atoms with Gasteiger partial charge in [-0.2, -0.15) is 0 Å². The molecule has 9 heteroatoms. The summed E-state index contributed by atoms with van der Waals surface area (Å²) >= 11 is 0. The van der Waals surface area contributed by atoms with E-state index in [1.54, 1.807) is 30.3 Å². The molecule has 0 aliphatic carbocycles. The van der Waals surface area contributed by atoms with Crippen molar-refractivity contribution in [1.29, 1.82) is 0 Å². The number of carbonyl (C=O) groups is 3. The molecule has 5 N–H and O–H groups in total. The van der Waals surface area contributed by atoms with E-state index >= 15 is 0 Å². The third-order valence-corrected chi connectivity index (χ3v) is 4.05. The lowest BCUT2D eigenvalue weighted by Crippen LogP contribution is -2.55. The zero-order chi connectivity index (χ0) is 21.2. The summed E-state index contributed by atoms with van der Waals surface area (Å²) in [5.41, 5.74) is 6.22. The van der Waals surface area contributed by atoms with Crippen LogP contribution in [0.15, 0.2) is 54.6 Å². The van der Waals surface area contributed by atoms with E-state index < -0.39 is 42.4 Å². The molecule has 8 nitrogen and oxygen atoms in total. The van der Waals surface area contributed by atoms with Crippen molar-refractivity contribution in [3.05, 3.63) is 71.5 Å². The SMILES string of the molecule is NC(=O)[C@H](Cc1ccccc1F)NC(=O)[C@H](CO)NC(=O)OCc1ccccc1. The molecule has 0 heterocycles. The molecule has 2 aromatic rings. The van der Waals surface area contributed by atoms with Crippen molar-refractivity contribution in [2.45, 2.75) is 25.1 Å². The number of nitrogens with two attached hydrogens (primary N) is 1. The first-order valence-corrected chi connectivity index (χ1v) is 8.82. The largest absolute Gasteiger partial charge is 0.445 e. The summed E-state index contributed by atoms with van der Waals surface area (Å²) in [6, 6.07) is 12.0. The minimum atomic E-state index is -1.37. The maximum Gasteiger partial charge on any atom is 0.408 e. The van der Waals surface area contributed by atoms with Crippen LogP contribution in [0.25, 0.3) is 0 Å². The van der Waals surface area contributed by atoms with Crippen LogP contribution in [-0.4, -0.2) is 41.7 Å². The summed E-state index contributed by atoms with van der Waals surface area (Å²) in [5, 5.41) is 13.9. The van der Waals surface area contributed by atoms with Gasteiger partial charge in [-0.3, -0.25) is 9.59 Å². The molecule has 0 aliphatic heterocycles. The van der Waals surface area contributed by atoms with Crippen molar-refractivity contribution < 1.29 is 28.6 Å². The molecule has 0 radical (unpaired) electrons. The quantitative estimate of drug-likeness (QED) is 0.488. The Bertz CT molecular complexity index is 847. The van der Waals surface area contributed by atoms with Crippen LogP contribution in [0.2, 0.25) is 0 Å². The summed E-state index contributed by atoms with van der Waals surface area (Å²) in [4.78, 5) is 35.9. The average Bonchev–Trinajstić information content (AvgIpc) is 2.72. The molecular formula is C20H22FN3O5. The third-order valence-electron chi connectivity index (χ3n) is 4.05. The molecule has 2 rings (SSSR count). The molecule has 0 aromatic heterocycles. The zero-order valence-electron chi connectivity index (χ0n) is 15.5. The summed E-state index contributed by atoms with van der Waals surface area (Å²) < 4.78 is 18.8. The van der Waals surface area contributed by atoms with Crippen molar-refractivity contribution in [1.82, 2.24) is 10.6 Å². The minimum absolute atomic E-state index is 0.0242. The molecule has 0 spiro atoms. The predicted molar refractivity (Wildman–Crippen MR) is 102 cm³/mol. The molecule has 29 heavy (non-hydrogen) atoms. The Hall–Kier alpha value is -3.46. The van der Waals surface area contributed by atoms with Crippen LogP contribution in [0.1, 0.15) is 11.1 Å². The fraction of sp³-hybridized carbons (Fsp3) is 0.250. The minimum Gasteiger partial charge on any atom is -0.445 e. The molecule has 0 aliphatic rings. The predicted octanol–water partition coefficient (Wildman–Crippen LogP) is 0.626. The van der Waals surface area contributed by atoms with E-state index in [1.165, 1.54) is 18.2 Å². The van der Waals surface area contributed by atoms with Gasteiger partial charge in [-0.25, -0.2) is 9.18 Å². The number of carbonyl (C=O) groups excluding carboxylic acids is 3. The number of rotatable bonds is 9. The van der Waals surface area contributed by atoms with E-state index in [-0.39, 0.29) is 18.6 Å². The highest BCUT2D eigenvalue weighted by atomic mass is 19.1. The van der Waals surface area contributed by atoms with Crippen molar-refractivity contribution >= 4 is 17.9 Å². The number of halogens is 1. The van der Waals surface area contributed by atoms with Gasteiger partial charge in [-0.05, 0) is 17.2 Å². The Labute approximate surface area is 166 Å². The topological polar surface area (TPSA) is 131 Å². The Kier molecular flexibility index (Phi) is 8.11. The summed E-state index contributed by atoms with van der Waals surface area (Å²) in [5.74, 6) is -2.29. The molecule has 154 valence electrons. The molecule has 0 fully saturated rings. The average molecular weight is 403 g/mol. The van der Waals surface area contributed by atoms with Crippen LogP contribution in [0.4, 0.5) is 9.18 Å². The number of aliphatic hydroxyl groups is 1. The highest BCUT2D eigenvalue weighted by Crippen LogP contribution is 2.09. The standard InChI is InChI=1S/C20H22FN3O5/c21-15-9-5-4-8-14(15)10-16(18(22)26)23-19(27)17(11-25)24-20(28)29-12-13-6-2-1-3-7-13/h1-9,16-17,25H,10-12H2,(H2,22,26)(H,23,27)(H,24,28)/t16-,17-/m0/s1. The summed E-state index contributed by atoms with van der Waals surface area (Å²) in [7, 11) is 0. The van der Waals surface area contributed by atoms with Crippen LogP contribution in [0, 0.1) is 5.82 Å². The first-order chi connectivity index (χ1) is 13.9. The van der Waals surface area contributed by atoms with Crippen LogP contribution in [0.5, 0.6) is 0 Å². The number of benzene rings is 2. The monoisotopic (exact) mass is 403 g/mol. The fourth-order valence-corrected chi connectivity index (χ4v) is 2.48. The molecule has 3 amide bonds. The van der Waals surface area contributed by atoms with Crippen LogP contribution in [0.3, 0.4) is 0 Å². The van der Waals surface area contributed by atoms with Crippen LogP contribution in [-0.2, 0) is 27.4 Å². The highest BCUT2D eigenvalue weighted by Gasteiger charge is 2.26. The summed E-state index contributed by atoms with van der Waals surface area (Å²) in [6.45, 7) is -0.763. The lowest BCUT2D eigenvalue weighted by molar-refractivity contribution is -0.129. The van der Waals surface area contributed by atoms with E-state index in [0.29, 0.717) is 0 Å². The second-order valence-electron chi connectivity index (χ2n) is 6.20. The Morgan fingerprint density at radius 3 is 2.28 bits per heavy atom. The van der Waals surface area contributed by atoms with Gasteiger partial charge < -0.3 is 26.2 Å². The Balaban J connectivity index is 1.93. The van der Waals surface area contributed by atoms with Gasteiger partial charge in [0.05, 0.1) is 6.61 Å². The number of alkyl carbamates (subject to hydrolysis) is 1. The third kappa shape index (κ3) is 6.89. The van der Waals surface area contributed by atoms with Gasteiger partial charge in [0.15, 0.2) is 0 Å². The van der Waals surface area contributed by atoms with E-state index in [0.717, 1.165) is 5.56 Å². The lowest BCUT2D eigenvalue weighted by Gasteiger charge is -2.20. The molecule has 0 unspecified atom stereocenters. The van der Waals surface area contributed by atoms with Gasteiger partial charge in [-0.1, -0.05) is 48.5 Å². The van der Waals surface area contributed by atoms with Gasteiger partial charge in [0.2, 0.25) is 11.8 Å². The second-order valence-corrected chi connectivity index (χ2v) is 6.20. The smallest absolute Gasteiger partial charge is 0.408 e. The van der Waals surface area contributed by atoms with E-state index in [1.807, 2.05) is 6.07 Å². The number of ether oxygens (including phenoxy) is 1. The van der Waals surface area contributed by atoms with Crippen LogP contribution >= 0.6 is 0 Å². The number of primary amides is 1. The van der Waals surface area contributed by atoms with Gasteiger partial charge in [0.1, 0.15) is 24.5 Å². The summed E-state index contributed by atoms with van der Waals surface area (Å²) in [6.07, 6.45) is -1.10. The normalized spacial score (nSPS) is 12.5.